The molecule has 2 aliphatic rings. The van der Waals surface area contributed by atoms with Gasteiger partial charge in [-0.1, -0.05) is 30.3 Å². The van der Waals surface area contributed by atoms with Gasteiger partial charge < -0.3 is 15.1 Å². The zero-order chi connectivity index (χ0) is 18.0. The Morgan fingerprint density at radius 1 is 1.04 bits per heavy atom. The van der Waals surface area contributed by atoms with Crippen LogP contribution in [-0.4, -0.2) is 87.2 Å². The van der Waals surface area contributed by atoms with Gasteiger partial charge in [-0.15, -0.1) is 0 Å². The fraction of sp³-hybridized carbons (Fsp3) is 0.588. The standard InChI is InChI=1S/C17H26N4O3S/c1-18-16-13-20(12-15(16)14-6-4-3-5-7-14)17(22)19-8-10-21(11-9-19)25(2,23)24/h3-7,15-16,18H,8-13H2,1-2H3/t15-,16+/m1/s1. The highest BCUT2D eigenvalue weighted by Gasteiger charge is 2.37. The molecule has 2 heterocycles. The van der Waals surface area contributed by atoms with Gasteiger partial charge in [-0.2, -0.15) is 4.31 Å². The average Bonchev–Trinajstić information content (AvgIpc) is 3.05. The molecule has 0 aliphatic carbocycles. The monoisotopic (exact) mass is 366 g/mol. The first-order valence-corrected chi connectivity index (χ1v) is 10.5. The molecular formula is C17H26N4O3S. The Morgan fingerprint density at radius 2 is 1.68 bits per heavy atom. The van der Waals surface area contributed by atoms with Crippen molar-refractivity contribution in [1.82, 2.24) is 19.4 Å². The first kappa shape index (κ1) is 18.2. The van der Waals surface area contributed by atoms with Gasteiger partial charge in [-0.3, -0.25) is 0 Å². The minimum absolute atomic E-state index is 0.00633. The molecule has 1 aromatic carbocycles. The molecule has 2 aliphatic heterocycles. The van der Waals surface area contributed by atoms with Crippen LogP contribution in [0, 0.1) is 0 Å². The van der Waals surface area contributed by atoms with E-state index in [1.807, 2.05) is 30.1 Å². The van der Waals surface area contributed by atoms with Gasteiger partial charge in [-0.25, -0.2) is 13.2 Å². The van der Waals surface area contributed by atoms with Crippen molar-refractivity contribution in [3.05, 3.63) is 35.9 Å². The summed E-state index contributed by atoms with van der Waals surface area (Å²) in [6.07, 6.45) is 1.22. The maximum atomic E-state index is 12.9. The number of piperazine rings is 1. The third kappa shape index (κ3) is 3.96. The summed E-state index contributed by atoms with van der Waals surface area (Å²) in [6.45, 7) is 2.99. The molecule has 0 radical (unpaired) electrons. The van der Waals surface area contributed by atoms with Crippen LogP contribution >= 0.6 is 0 Å². The lowest BCUT2D eigenvalue weighted by atomic mass is 9.95. The highest BCUT2D eigenvalue weighted by molar-refractivity contribution is 7.88. The van der Waals surface area contributed by atoms with E-state index in [0.717, 1.165) is 0 Å². The predicted octanol–water partition coefficient (Wildman–Crippen LogP) is 0.371. The van der Waals surface area contributed by atoms with Crippen LogP contribution in [0.1, 0.15) is 11.5 Å². The molecule has 1 aromatic rings. The molecule has 138 valence electrons. The third-order valence-corrected chi connectivity index (χ3v) is 6.47. The van der Waals surface area contributed by atoms with Crippen molar-refractivity contribution >= 4 is 16.1 Å². The molecule has 2 amide bonds. The first-order chi connectivity index (χ1) is 11.9. The number of nitrogens with one attached hydrogen (secondary N) is 1. The van der Waals surface area contributed by atoms with Crippen molar-refractivity contribution in [1.29, 1.82) is 0 Å². The number of carbonyl (C=O) groups is 1. The summed E-state index contributed by atoms with van der Waals surface area (Å²) in [7, 11) is -1.25. The lowest BCUT2D eigenvalue weighted by molar-refractivity contribution is 0.141. The molecule has 7 nitrogen and oxygen atoms in total. The number of likely N-dealkylation sites (tertiary alicyclic amines) is 1. The van der Waals surface area contributed by atoms with Crippen molar-refractivity contribution in [3.63, 3.8) is 0 Å². The van der Waals surface area contributed by atoms with Gasteiger partial charge in [0, 0.05) is 51.2 Å². The number of sulfonamides is 1. The van der Waals surface area contributed by atoms with Crippen LogP contribution in [0.25, 0.3) is 0 Å². The highest BCUT2D eigenvalue weighted by Crippen LogP contribution is 2.28. The van der Waals surface area contributed by atoms with Crippen LogP contribution in [-0.2, 0) is 10.0 Å². The molecule has 0 bridgehead atoms. The molecule has 0 aromatic heterocycles. The molecule has 8 heteroatoms. The molecule has 0 unspecified atom stereocenters. The van der Waals surface area contributed by atoms with E-state index in [-0.39, 0.29) is 18.0 Å². The van der Waals surface area contributed by atoms with Crippen molar-refractivity contribution in [3.8, 4) is 0 Å². The maximum absolute atomic E-state index is 12.9. The summed E-state index contributed by atoms with van der Waals surface area (Å²) in [5.74, 6) is 0.271. The number of hydrogen-bond acceptors (Lipinski definition) is 4. The van der Waals surface area contributed by atoms with Gasteiger partial charge in [0.05, 0.1) is 6.26 Å². The largest absolute Gasteiger partial charge is 0.322 e. The second-order valence-electron chi connectivity index (χ2n) is 6.75. The summed E-state index contributed by atoms with van der Waals surface area (Å²) >= 11 is 0. The molecule has 2 saturated heterocycles. The topological polar surface area (TPSA) is 73.0 Å². The van der Waals surface area contributed by atoms with E-state index in [4.69, 9.17) is 0 Å². The van der Waals surface area contributed by atoms with E-state index in [1.165, 1.54) is 16.1 Å². The van der Waals surface area contributed by atoms with E-state index in [9.17, 15) is 13.2 Å². The summed E-state index contributed by atoms with van der Waals surface area (Å²) in [6, 6.07) is 10.5. The second kappa shape index (κ2) is 7.31. The number of hydrogen-bond donors (Lipinski definition) is 1. The van der Waals surface area contributed by atoms with Crippen molar-refractivity contribution < 1.29 is 13.2 Å². The smallest absolute Gasteiger partial charge is 0.320 e. The molecule has 0 spiro atoms. The number of carbonyl (C=O) groups excluding carboxylic acids is 1. The Labute approximate surface area is 149 Å². The van der Waals surface area contributed by atoms with Gasteiger partial charge in [0.2, 0.25) is 10.0 Å². The lowest BCUT2D eigenvalue weighted by Crippen LogP contribution is -2.53. The van der Waals surface area contributed by atoms with Gasteiger partial charge in [0.1, 0.15) is 0 Å². The van der Waals surface area contributed by atoms with E-state index < -0.39 is 10.0 Å². The van der Waals surface area contributed by atoms with Gasteiger partial charge in [0.15, 0.2) is 0 Å². The summed E-state index contributed by atoms with van der Waals surface area (Å²) in [5.41, 5.74) is 1.24. The Bertz CT molecular complexity index is 702. The second-order valence-corrected chi connectivity index (χ2v) is 8.73. The number of benzene rings is 1. The van der Waals surface area contributed by atoms with Gasteiger partial charge >= 0.3 is 6.03 Å². The van der Waals surface area contributed by atoms with E-state index in [0.29, 0.717) is 39.3 Å². The number of urea groups is 1. The molecule has 1 N–H and O–H groups in total. The van der Waals surface area contributed by atoms with Gasteiger partial charge in [-0.05, 0) is 12.6 Å². The number of nitrogens with zero attached hydrogens (tertiary/aromatic N) is 3. The molecule has 2 atom stereocenters. The minimum Gasteiger partial charge on any atom is -0.322 e. The average molecular weight is 366 g/mol. The third-order valence-electron chi connectivity index (χ3n) is 5.17. The van der Waals surface area contributed by atoms with Crippen LogP contribution in [0.5, 0.6) is 0 Å². The molecular weight excluding hydrogens is 340 g/mol. The van der Waals surface area contributed by atoms with Crippen molar-refractivity contribution in [2.75, 3.05) is 52.6 Å². The fourth-order valence-electron chi connectivity index (χ4n) is 3.70. The maximum Gasteiger partial charge on any atom is 0.320 e. The van der Waals surface area contributed by atoms with Crippen molar-refractivity contribution in [2.24, 2.45) is 0 Å². The van der Waals surface area contributed by atoms with Gasteiger partial charge in [0.25, 0.3) is 0 Å². The van der Waals surface area contributed by atoms with Crippen LogP contribution in [0.3, 0.4) is 0 Å². The zero-order valence-electron chi connectivity index (χ0n) is 14.8. The molecule has 25 heavy (non-hydrogen) atoms. The summed E-state index contributed by atoms with van der Waals surface area (Å²) < 4.78 is 24.6. The number of amides is 2. The van der Waals surface area contributed by atoms with Crippen LogP contribution < -0.4 is 5.32 Å². The normalized spacial score (nSPS) is 25.4. The molecule has 0 saturated carbocycles. The SMILES string of the molecule is CN[C@H]1CN(C(=O)N2CCN(S(C)(=O)=O)CC2)C[C@@H]1c1ccccc1. The summed E-state index contributed by atoms with van der Waals surface area (Å²) in [4.78, 5) is 16.5. The Morgan fingerprint density at radius 3 is 2.24 bits per heavy atom. The summed E-state index contributed by atoms with van der Waals surface area (Å²) in [5, 5.41) is 3.33. The predicted molar refractivity (Wildman–Crippen MR) is 97.0 cm³/mol. The van der Waals surface area contributed by atoms with Crippen LogP contribution in [0.4, 0.5) is 4.79 Å². The van der Waals surface area contributed by atoms with E-state index in [1.54, 1.807) is 4.90 Å². The molecule has 3 rings (SSSR count). The minimum atomic E-state index is -3.18. The highest BCUT2D eigenvalue weighted by atomic mass is 32.2. The van der Waals surface area contributed by atoms with E-state index in [2.05, 4.69) is 17.4 Å². The van der Waals surface area contributed by atoms with Crippen LogP contribution in [0.15, 0.2) is 30.3 Å². The fourth-order valence-corrected chi connectivity index (χ4v) is 4.53. The Kier molecular flexibility index (Phi) is 5.31. The van der Waals surface area contributed by atoms with E-state index >= 15 is 0 Å². The number of likely N-dealkylation sites (N-methyl/N-ethyl adjacent to an activating group) is 1. The Balaban J connectivity index is 1.64. The van der Waals surface area contributed by atoms with Crippen LogP contribution in [0.2, 0.25) is 0 Å². The first-order valence-electron chi connectivity index (χ1n) is 8.61. The Hall–Kier alpha value is -1.64. The quantitative estimate of drug-likeness (QED) is 0.839. The lowest BCUT2D eigenvalue weighted by Gasteiger charge is -2.35. The number of rotatable bonds is 3. The molecule has 2 fully saturated rings. The zero-order valence-corrected chi connectivity index (χ0v) is 15.6. The van der Waals surface area contributed by atoms with Crippen molar-refractivity contribution in [2.45, 2.75) is 12.0 Å².